The van der Waals surface area contributed by atoms with Gasteiger partial charge in [-0.15, -0.1) is 10.2 Å². The maximum absolute atomic E-state index is 13.0. The van der Waals surface area contributed by atoms with Crippen molar-refractivity contribution >= 4 is 11.8 Å². The molecule has 0 aliphatic carbocycles. The lowest BCUT2D eigenvalue weighted by molar-refractivity contribution is 0.355. The number of rotatable bonds is 7. The fourth-order valence-electron chi connectivity index (χ4n) is 2.71. The maximum Gasteiger partial charge on any atom is 0.237 e. The van der Waals surface area contributed by atoms with Crippen LogP contribution in [0.1, 0.15) is 5.89 Å². The van der Waals surface area contributed by atoms with Crippen LogP contribution in [-0.2, 0) is 5.75 Å². The SMILES string of the molecule is COc1ccc(-c2noc(CSc3ccc(-c4ccc(F)cc4)nn3)n2)cc1OC. The molecule has 0 fully saturated rings. The molecular weight excluding hydrogens is 407 g/mol. The lowest BCUT2D eigenvalue weighted by Crippen LogP contribution is -1.92. The van der Waals surface area contributed by atoms with E-state index < -0.39 is 0 Å². The molecule has 30 heavy (non-hydrogen) atoms. The fraction of sp³-hybridized carbons (Fsp3) is 0.143. The fourth-order valence-corrected chi connectivity index (χ4v) is 3.36. The summed E-state index contributed by atoms with van der Waals surface area (Å²) in [5.41, 5.74) is 2.24. The summed E-state index contributed by atoms with van der Waals surface area (Å²) in [6, 6.07) is 15.2. The third kappa shape index (κ3) is 4.41. The molecule has 0 unspecified atom stereocenters. The second kappa shape index (κ2) is 8.91. The summed E-state index contributed by atoms with van der Waals surface area (Å²) >= 11 is 1.43. The van der Waals surface area contributed by atoms with E-state index in [9.17, 15) is 4.39 Å². The molecule has 0 aliphatic heterocycles. The Bertz CT molecular complexity index is 1130. The highest BCUT2D eigenvalue weighted by Crippen LogP contribution is 2.31. The number of hydrogen-bond acceptors (Lipinski definition) is 8. The highest BCUT2D eigenvalue weighted by molar-refractivity contribution is 7.98. The average molecular weight is 424 g/mol. The number of methoxy groups -OCH3 is 2. The van der Waals surface area contributed by atoms with Crippen LogP contribution in [0.3, 0.4) is 0 Å². The van der Waals surface area contributed by atoms with Crippen LogP contribution in [0.2, 0.25) is 0 Å². The van der Waals surface area contributed by atoms with E-state index in [-0.39, 0.29) is 5.82 Å². The van der Waals surface area contributed by atoms with Gasteiger partial charge in [-0.1, -0.05) is 16.9 Å². The van der Waals surface area contributed by atoms with Crippen molar-refractivity contribution in [2.45, 2.75) is 10.8 Å². The molecule has 0 bridgehead atoms. The molecule has 0 aliphatic rings. The van der Waals surface area contributed by atoms with Gasteiger partial charge >= 0.3 is 0 Å². The molecule has 2 heterocycles. The molecule has 4 rings (SSSR count). The summed E-state index contributed by atoms with van der Waals surface area (Å²) in [6.45, 7) is 0. The molecular formula is C21H17FN4O3S. The maximum atomic E-state index is 13.0. The number of ether oxygens (including phenoxy) is 2. The van der Waals surface area contributed by atoms with Gasteiger partial charge in [0.15, 0.2) is 11.5 Å². The first-order chi connectivity index (χ1) is 14.7. The van der Waals surface area contributed by atoms with E-state index in [0.29, 0.717) is 39.7 Å². The molecule has 0 atom stereocenters. The van der Waals surface area contributed by atoms with E-state index in [1.165, 1.54) is 23.9 Å². The van der Waals surface area contributed by atoms with Gasteiger partial charge in [-0.2, -0.15) is 4.98 Å². The van der Waals surface area contributed by atoms with Gasteiger partial charge in [0, 0.05) is 11.1 Å². The zero-order valence-electron chi connectivity index (χ0n) is 16.2. The minimum absolute atomic E-state index is 0.286. The third-order valence-electron chi connectivity index (χ3n) is 4.23. The van der Waals surface area contributed by atoms with Crippen LogP contribution in [-0.4, -0.2) is 34.6 Å². The lowest BCUT2D eigenvalue weighted by atomic mass is 10.1. The monoisotopic (exact) mass is 424 g/mol. The number of halogens is 1. The standard InChI is InChI=1S/C21H17FN4O3S/c1-27-17-9-5-14(11-18(17)28-2)21-23-19(29-26-21)12-30-20-10-8-16(24-25-20)13-3-6-15(22)7-4-13/h3-11H,12H2,1-2H3. The molecule has 0 radical (unpaired) electrons. The first-order valence-corrected chi connectivity index (χ1v) is 9.92. The predicted octanol–water partition coefficient (Wildman–Crippen LogP) is 4.64. The Labute approximate surface area is 176 Å². The van der Waals surface area contributed by atoms with Crippen molar-refractivity contribution in [3.05, 3.63) is 66.3 Å². The van der Waals surface area contributed by atoms with Crippen molar-refractivity contribution in [3.63, 3.8) is 0 Å². The van der Waals surface area contributed by atoms with E-state index in [0.717, 1.165) is 11.1 Å². The summed E-state index contributed by atoms with van der Waals surface area (Å²) in [4.78, 5) is 4.42. The Balaban J connectivity index is 1.41. The topological polar surface area (TPSA) is 83.2 Å². The van der Waals surface area contributed by atoms with Crippen LogP contribution in [0.15, 0.2) is 64.1 Å². The summed E-state index contributed by atoms with van der Waals surface area (Å²) in [5.74, 6) is 2.31. The highest BCUT2D eigenvalue weighted by atomic mass is 32.2. The van der Waals surface area contributed by atoms with E-state index in [4.69, 9.17) is 14.0 Å². The number of benzene rings is 2. The Morgan fingerprint density at radius 3 is 2.37 bits per heavy atom. The van der Waals surface area contributed by atoms with Crippen LogP contribution in [0.25, 0.3) is 22.6 Å². The Morgan fingerprint density at radius 2 is 1.67 bits per heavy atom. The molecule has 2 aromatic carbocycles. The smallest absolute Gasteiger partial charge is 0.237 e. The van der Waals surface area contributed by atoms with Gasteiger partial charge in [0.2, 0.25) is 11.7 Å². The van der Waals surface area contributed by atoms with Crippen molar-refractivity contribution in [2.75, 3.05) is 14.2 Å². The van der Waals surface area contributed by atoms with Crippen molar-refractivity contribution in [2.24, 2.45) is 0 Å². The zero-order valence-corrected chi connectivity index (χ0v) is 17.0. The average Bonchev–Trinajstić information content (AvgIpc) is 3.27. The van der Waals surface area contributed by atoms with Gasteiger partial charge in [-0.25, -0.2) is 4.39 Å². The van der Waals surface area contributed by atoms with Crippen LogP contribution in [0, 0.1) is 5.82 Å². The zero-order chi connectivity index (χ0) is 20.9. The molecule has 0 saturated heterocycles. The van der Waals surface area contributed by atoms with Crippen molar-refractivity contribution in [3.8, 4) is 34.1 Å². The van der Waals surface area contributed by atoms with Crippen LogP contribution >= 0.6 is 11.8 Å². The number of thioether (sulfide) groups is 1. The van der Waals surface area contributed by atoms with E-state index >= 15 is 0 Å². The quantitative estimate of drug-likeness (QED) is 0.397. The summed E-state index contributed by atoms with van der Waals surface area (Å²) in [5, 5.41) is 13.1. The molecule has 9 heteroatoms. The Morgan fingerprint density at radius 1 is 0.900 bits per heavy atom. The van der Waals surface area contributed by atoms with Crippen molar-refractivity contribution in [1.82, 2.24) is 20.3 Å². The molecule has 7 nitrogen and oxygen atoms in total. The second-order valence-electron chi connectivity index (χ2n) is 6.13. The lowest BCUT2D eigenvalue weighted by Gasteiger charge is -2.07. The van der Waals surface area contributed by atoms with Gasteiger partial charge in [0.05, 0.1) is 25.7 Å². The molecule has 2 aromatic heterocycles. The second-order valence-corrected chi connectivity index (χ2v) is 7.13. The third-order valence-corrected chi connectivity index (χ3v) is 5.14. The number of nitrogens with zero attached hydrogens (tertiary/aromatic N) is 4. The summed E-state index contributed by atoms with van der Waals surface area (Å²) < 4.78 is 28.9. The molecule has 152 valence electrons. The van der Waals surface area contributed by atoms with Crippen molar-refractivity contribution < 1.29 is 18.4 Å². The Hall–Kier alpha value is -3.46. The molecule has 0 spiro atoms. The van der Waals surface area contributed by atoms with Gasteiger partial charge in [0.1, 0.15) is 10.8 Å². The molecule has 4 aromatic rings. The van der Waals surface area contributed by atoms with Crippen LogP contribution in [0.5, 0.6) is 11.5 Å². The number of aromatic nitrogens is 4. The van der Waals surface area contributed by atoms with Crippen molar-refractivity contribution in [1.29, 1.82) is 0 Å². The minimum atomic E-state index is -0.286. The number of hydrogen-bond donors (Lipinski definition) is 0. The van der Waals surface area contributed by atoms with E-state index in [1.807, 2.05) is 18.2 Å². The van der Waals surface area contributed by atoms with Gasteiger partial charge in [0.25, 0.3) is 0 Å². The van der Waals surface area contributed by atoms with Gasteiger partial charge in [-0.05, 0) is 54.6 Å². The first kappa shape index (κ1) is 19.8. The molecule has 0 N–H and O–H groups in total. The first-order valence-electron chi connectivity index (χ1n) is 8.93. The summed E-state index contributed by atoms with van der Waals surface area (Å²) in [7, 11) is 3.15. The Kier molecular flexibility index (Phi) is 5.89. The molecule has 0 saturated carbocycles. The minimum Gasteiger partial charge on any atom is -0.493 e. The molecule has 0 amide bonds. The van der Waals surface area contributed by atoms with Crippen LogP contribution in [0.4, 0.5) is 4.39 Å². The van der Waals surface area contributed by atoms with E-state index in [2.05, 4.69) is 20.3 Å². The van der Waals surface area contributed by atoms with Crippen LogP contribution < -0.4 is 9.47 Å². The summed E-state index contributed by atoms with van der Waals surface area (Å²) in [6.07, 6.45) is 0. The van der Waals surface area contributed by atoms with Gasteiger partial charge < -0.3 is 14.0 Å². The highest BCUT2D eigenvalue weighted by Gasteiger charge is 2.13. The van der Waals surface area contributed by atoms with Gasteiger partial charge in [-0.3, -0.25) is 0 Å². The largest absolute Gasteiger partial charge is 0.493 e. The normalized spacial score (nSPS) is 10.8. The predicted molar refractivity (Wildman–Crippen MR) is 110 cm³/mol. The van der Waals surface area contributed by atoms with E-state index in [1.54, 1.807) is 38.5 Å².